The molecule has 128 valence electrons. The standard InChI is InChI=1S/C18H22N2O3S/c1-3-4-12-19-24(22,23)17-10-8-16(9-11-17)20-18(21)15-7-5-6-14(2)13-15/h5-11,13,19H,3-4,12H2,1-2H3,(H,20,21). The lowest BCUT2D eigenvalue weighted by Crippen LogP contribution is -2.24. The zero-order valence-corrected chi connectivity index (χ0v) is 14.7. The lowest BCUT2D eigenvalue weighted by molar-refractivity contribution is 0.102. The first-order valence-electron chi connectivity index (χ1n) is 7.90. The summed E-state index contributed by atoms with van der Waals surface area (Å²) in [4.78, 5) is 12.4. The molecule has 2 rings (SSSR count). The van der Waals surface area contributed by atoms with Crippen molar-refractivity contribution in [3.8, 4) is 0 Å². The first-order chi connectivity index (χ1) is 11.4. The Labute approximate surface area is 143 Å². The molecule has 0 spiro atoms. The third-order valence-corrected chi connectivity index (χ3v) is 5.00. The molecule has 0 saturated carbocycles. The van der Waals surface area contributed by atoms with Gasteiger partial charge in [-0.1, -0.05) is 31.0 Å². The number of amides is 1. The normalized spacial score (nSPS) is 11.2. The van der Waals surface area contributed by atoms with Gasteiger partial charge >= 0.3 is 0 Å². The van der Waals surface area contributed by atoms with Crippen LogP contribution >= 0.6 is 0 Å². The smallest absolute Gasteiger partial charge is 0.255 e. The van der Waals surface area contributed by atoms with E-state index in [0.717, 1.165) is 18.4 Å². The Morgan fingerprint density at radius 1 is 1.08 bits per heavy atom. The molecule has 5 nitrogen and oxygen atoms in total. The summed E-state index contributed by atoms with van der Waals surface area (Å²) in [5, 5.41) is 2.76. The van der Waals surface area contributed by atoms with Gasteiger partial charge in [-0.25, -0.2) is 13.1 Å². The van der Waals surface area contributed by atoms with Gasteiger partial charge in [-0.2, -0.15) is 0 Å². The van der Waals surface area contributed by atoms with E-state index in [9.17, 15) is 13.2 Å². The minimum Gasteiger partial charge on any atom is -0.322 e. The lowest BCUT2D eigenvalue weighted by atomic mass is 10.1. The number of sulfonamides is 1. The van der Waals surface area contributed by atoms with Crippen LogP contribution < -0.4 is 10.0 Å². The number of anilines is 1. The van der Waals surface area contributed by atoms with Crippen LogP contribution in [-0.4, -0.2) is 20.9 Å². The molecule has 0 saturated heterocycles. The first-order valence-corrected chi connectivity index (χ1v) is 9.38. The van der Waals surface area contributed by atoms with Crippen molar-refractivity contribution in [2.75, 3.05) is 11.9 Å². The minimum absolute atomic E-state index is 0.187. The Bertz CT molecular complexity index is 799. The molecular weight excluding hydrogens is 324 g/mol. The summed E-state index contributed by atoms with van der Waals surface area (Å²) in [6.45, 7) is 4.34. The van der Waals surface area contributed by atoms with Crippen molar-refractivity contribution in [3.63, 3.8) is 0 Å². The molecule has 2 aromatic rings. The topological polar surface area (TPSA) is 75.3 Å². The predicted molar refractivity (Wildman–Crippen MR) is 95.7 cm³/mol. The van der Waals surface area contributed by atoms with Crippen molar-refractivity contribution in [2.24, 2.45) is 0 Å². The summed E-state index contributed by atoms with van der Waals surface area (Å²) in [6.07, 6.45) is 1.72. The van der Waals surface area contributed by atoms with E-state index in [0.29, 0.717) is 17.8 Å². The highest BCUT2D eigenvalue weighted by atomic mass is 32.2. The third kappa shape index (κ3) is 4.91. The second-order valence-corrected chi connectivity index (χ2v) is 7.37. The molecule has 2 aromatic carbocycles. The van der Waals surface area contributed by atoms with Gasteiger partial charge in [0.2, 0.25) is 10.0 Å². The molecule has 0 aromatic heterocycles. The fraction of sp³-hybridized carbons (Fsp3) is 0.278. The Hall–Kier alpha value is -2.18. The summed E-state index contributed by atoms with van der Waals surface area (Å²) in [7, 11) is -3.50. The minimum atomic E-state index is -3.50. The Balaban J connectivity index is 2.05. The molecule has 0 radical (unpaired) electrons. The van der Waals surface area contributed by atoms with E-state index in [4.69, 9.17) is 0 Å². The summed E-state index contributed by atoms with van der Waals surface area (Å²) in [5.74, 6) is -0.227. The zero-order valence-electron chi connectivity index (χ0n) is 13.9. The van der Waals surface area contributed by atoms with Gasteiger partial charge in [0.05, 0.1) is 4.90 Å². The third-order valence-electron chi connectivity index (χ3n) is 3.53. The maximum Gasteiger partial charge on any atom is 0.255 e. The molecule has 0 aliphatic heterocycles. The van der Waals surface area contributed by atoms with Gasteiger partial charge in [-0.15, -0.1) is 0 Å². The highest BCUT2D eigenvalue weighted by molar-refractivity contribution is 7.89. The average molecular weight is 346 g/mol. The Kier molecular flexibility index (Phi) is 6.11. The molecule has 0 atom stereocenters. The number of aryl methyl sites for hydroxylation is 1. The average Bonchev–Trinajstić information content (AvgIpc) is 2.55. The van der Waals surface area contributed by atoms with Crippen LogP contribution in [-0.2, 0) is 10.0 Å². The fourth-order valence-electron chi connectivity index (χ4n) is 2.17. The van der Waals surface area contributed by atoms with E-state index in [1.165, 1.54) is 12.1 Å². The van der Waals surface area contributed by atoms with E-state index >= 15 is 0 Å². The first kappa shape index (κ1) is 18.2. The van der Waals surface area contributed by atoms with Crippen LogP contribution in [0, 0.1) is 6.92 Å². The molecule has 0 heterocycles. The maximum atomic E-state index is 12.2. The van der Waals surface area contributed by atoms with Crippen LogP contribution in [0.4, 0.5) is 5.69 Å². The second-order valence-electron chi connectivity index (χ2n) is 5.60. The highest BCUT2D eigenvalue weighted by Gasteiger charge is 2.13. The molecule has 0 bridgehead atoms. The van der Waals surface area contributed by atoms with Gasteiger partial charge in [0.25, 0.3) is 5.91 Å². The molecule has 0 aliphatic carbocycles. The summed E-state index contributed by atoms with van der Waals surface area (Å²) in [6, 6.07) is 13.4. The van der Waals surface area contributed by atoms with Gasteiger partial charge in [0, 0.05) is 17.8 Å². The summed E-state index contributed by atoms with van der Waals surface area (Å²) in [5.41, 5.74) is 2.11. The monoisotopic (exact) mass is 346 g/mol. The van der Waals surface area contributed by atoms with Gasteiger partial charge < -0.3 is 5.32 Å². The van der Waals surface area contributed by atoms with E-state index in [-0.39, 0.29) is 10.8 Å². The summed E-state index contributed by atoms with van der Waals surface area (Å²) >= 11 is 0. The molecule has 2 N–H and O–H groups in total. The molecule has 0 aliphatic rings. The number of carbonyl (C=O) groups excluding carboxylic acids is 1. The van der Waals surface area contributed by atoms with Gasteiger partial charge in [0.1, 0.15) is 0 Å². The van der Waals surface area contributed by atoms with Crippen molar-refractivity contribution < 1.29 is 13.2 Å². The van der Waals surface area contributed by atoms with Crippen molar-refractivity contribution in [1.82, 2.24) is 4.72 Å². The predicted octanol–water partition coefficient (Wildman–Crippen LogP) is 3.33. The number of benzene rings is 2. The van der Waals surface area contributed by atoms with Crippen LogP contribution in [0.15, 0.2) is 53.4 Å². The fourth-order valence-corrected chi connectivity index (χ4v) is 3.25. The number of rotatable bonds is 7. The van der Waals surface area contributed by atoms with Crippen LogP contribution in [0.3, 0.4) is 0 Å². The number of hydrogen-bond donors (Lipinski definition) is 2. The van der Waals surface area contributed by atoms with Crippen molar-refractivity contribution in [3.05, 3.63) is 59.7 Å². The molecule has 0 fully saturated rings. The van der Waals surface area contributed by atoms with E-state index in [1.54, 1.807) is 24.3 Å². The largest absolute Gasteiger partial charge is 0.322 e. The molecule has 1 amide bonds. The number of unbranched alkanes of at least 4 members (excludes halogenated alkanes) is 1. The molecule has 6 heteroatoms. The number of carbonyl (C=O) groups is 1. The SMILES string of the molecule is CCCCNS(=O)(=O)c1ccc(NC(=O)c2cccc(C)c2)cc1. The number of nitrogens with one attached hydrogen (secondary N) is 2. The van der Waals surface area contributed by atoms with Crippen molar-refractivity contribution >= 4 is 21.6 Å². The van der Waals surface area contributed by atoms with Gasteiger partial charge in [0.15, 0.2) is 0 Å². The Morgan fingerprint density at radius 2 is 1.79 bits per heavy atom. The van der Waals surface area contributed by atoms with E-state index in [2.05, 4.69) is 10.0 Å². The molecule has 0 unspecified atom stereocenters. The highest BCUT2D eigenvalue weighted by Crippen LogP contribution is 2.15. The van der Waals surface area contributed by atoms with Crippen LogP contribution in [0.1, 0.15) is 35.7 Å². The van der Waals surface area contributed by atoms with E-state index < -0.39 is 10.0 Å². The molecular formula is C18H22N2O3S. The maximum absolute atomic E-state index is 12.2. The quantitative estimate of drug-likeness (QED) is 0.755. The van der Waals surface area contributed by atoms with E-state index in [1.807, 2.05) is 26.0 Å². The van der Waals surface area contributed by atoms with Crippen molar-refractivity contribution in [2.45, 2.75) is 31.6 Å². The van der Waals surface area contributed by atoms with Crippen molar-refractivity contribution in [1.29, 1.82) is 0 Å². The zero-order chi connectivity index (χ0) is 17.6. The van der Waals surface area contributed by atoms with Gasteiger partial charge in [-0.05, 0) is 49.7 Å². The molecule has 24 heavy (non-hydrogen) atoms. The second kappa shape index (κ2) is 8.08. The lowest BCUT2D eigenvalue weighted by Gasteiger charge is -2.09. The van der Waals surface area contributed by atoms with Gasteiger partial charge in [-0.3, -0.25) is 4.79 Å². The van der Waals surface area contributed by atoms with Crippen LogP contribution in [0.5, 0.6) is 0 Å². The number of hydrogen-bond acceptors (Lipinski definition) is 3. The van der Waals surface area contributed by atoms with Crippen LogP contribution in [0.2, 0.25) is 0 Å². The Morgan fingerprint density at radius 3 is 2.42 bits per heavy atom. The summed E-state index contributed by atoms with van der Waals surface area (Å²) < 4.78 is 26.8. The van der Waals surface area contributed by atoms with Crippen LogP contribution in [0.25, 0.3) is 0 Å².